The number of alkyl carbamates (subject to hydrolysis) is 1. The topological polar surface area (TPSA) is 105 Å². The van der Waals surface area contributed by atoms with Gasteiger partial charge >= 0.3 is 12.1 Å². The smallest absolute Gasteiger partial charge is 0.407 e. The number of aliphatic carboxylic acids is 1. The number of ether oxygens (including phenoxy) is 1. The van der Waals surface area contributed by atoms with E-state index in [1.54, 1.807) is 6.92 Å². The van der Waals surface area contributed by atoms with Crippen molar-refractivity contribution >= 4 is 18.0 Å². The normalized spacial score (nSPS) is 14.2. The molecule has 0 aromatic heterocycles. The molecule has 0 bridgehead atoms. The van der Waals surface area contributed by atoms with Gasteiger partial charge in [0, 0.05) is 24.4 Å². The Labute approximate surface area is 188 Å². The first-order valence-electron chi connectivity index (χ1n) is 10.9. The molecule has 2 aromatic carbocycles. The van der Waals surface area contributed by atoms with Crippen LogP contribution < -0.4 is 10.6 Å². The third-order valence-electron chi connectivity index (χ3n) is 5.75. The van der Waals surface area contributed by atoms with Gasteiger partial charge in [-0.1, -0.05) is 62.4 Å². The van der Waals surface area contributed by atoms with Crippen LogP contribution in [0.2, 0.25) is 0 Å². The molecule has 170 valence electrons. The van der Waals surface area contributed by atoms with Crippen LogP contribution in [0.25, 0.3) is 11.1 Å². The monoisotopic (exact) mass is 438 g/mol. The molecule has 2 atom stereocenters. The largest absolute Gasteiger partial charge is 0.481 e. The van der Waals surface area contributed by atoms with Crippen molar-refractivity contribution in [3.05, 3.63) is 59.7 Å². The van der Waals surface area contributed by atoms with Crippen LogP contribution in [0.1, 0.15) is 50.7 Å². The highest BCUT2D eigenvalue weighted by atomic mass is 16.5. The highest BCUT2D eigenvalue weighted by molar-refractivity contribution is 5.80. The minimum Gasteiger partial charge on any atom is -0.481 e. The quantitative estimate of drug-likeness (QED) is 0.550. The fraction of sp³-hybridized carbons (Fsp3) is 0.400. The molecule has 0 radical (unpaired) electrons. The Kier molecular flexibility index (Phi) is 7.51. The average Bonchev–Trinajstić information content (AvgIpc) is 3.05. The summed E-state index contributed by atoms with van der Waals surface area (Å²) in [5, 5.41) is 14.3. The second kappa shape index (κ2) is 10.3. The van der Waals surface area contributed by atoms with Crippen LogP contribution in [0.15, 0.2) is 48.5 Å². The molecule has 0 unspecified atom stereocenters. The van der Waals surface area contributed by atoms with Crippen LogP contribution in [0.4, 0.5) is 4.79 Å². The predicted molar refractivity (Wildman–Crippen MR) is 121 cm³/mol. The summed E-state index contributed by atoms with van der Waals surface area (Å²) in [4.78, 5) is 35.6. The van der Waals surface area contributed by atoms with E-state index >= 15 is 0 Å². The van der Waals surface area contributed by atoms with Gasteiger partial charge in [-0.25, -0.2) is 4.79 Å². The average molecular weight is 439 g/mol. The van der Waals surface area contributed by atoms with E-state index < -0.39 is 24.1 Å². The molecule has 0 spiro atoms. The summed E-state index contributed by atoms with van der Waals surface area (Å²) in [5.74, 6) is -1.33. The van der Waals surface area contributed by atoms with Crippen molar-refractivity contribution in [2.24, 2.45) is 5.92 Å². The van der Waals surface area contributed by atoms with Gasteiger partial charge in [-0.05, 0) is 35.1 Å². The number of benzene rings is 2. The number of hydrogen-bond acceptors (Lipinski definition) is 4. The zero-order chi connectivity index (χ0) is 23.3. The molecule has 32 heavy (non-hydrogen) atoms. The number of hydrogen-bond donors (Lipinski definition) is 3. The van der Waals surface area contributed by atoms with Gasteiger partial charge in [-0.15, -0.1) is 0 Å². The summed E-state index contributed by atoms with van der Waals surface area (Å²) < 4.78 is 5.58. The van der Waals surface area contributed by atoms with E-state index in [0.29, 0.717) is 0 Å². The minimum absolute atomic E-state index is 0.00369. The summed E-state index contributed by atoms with van der Waals surface area (Å²) in [5.41, 5.74) is 4.58. The maximum absolute atomic E-state index is 12.5. The summed E-state index contributed by atoms with van der Waals surface area (Å²) >= 11 is 0. The van der Waals surface area contributed by atoms with E-state index in [9.17, 15) is 14.4 Å². The van der Waals surface area contributed by atoms with Crippen LogP contribution in [0.5, 0.6) is 0 Å². The van der Waals surface area contributed by atoms with Crippen LogP contribution in [0.3, 0.4) is 0 Å². The fourth-order valence-electron chi connectivity index (χ4n) is 4.09. The zero-order valence-electron chi connectivity index (χ0n) is 18.6. The van der Waals surface area contributed by atoms with Crippen molar-refractivity contribution in [1.29, 1.82) is 0 Å². The molecule has 0 saturated carbocycles. The molecule has 2 amide bonds. The number of fused-ring (bicyclic) bond motifs is 3. The maximum atomic E-state index is 12.5. The number of amides is 2. The number of nitrogens with one attached hydrogen (secondary N) is 2. The summed E-state index contributed by atoms with van der Waals surface area (Å²) in [6, 6.07) is 15.3. The van der Waals surface area contributed by atoms with Gasteiger partial charge in [0.1, 0.15) is 6.61 Å². The lowest BCUT2D eigenvalue weighted by molar-refractivity contribution is -0.137. The van der Waals surface area contributed by atoms with E-state index in [1.807, 2.05) is 38.1 Å². The van der Waals surface area contributed by atoms with Crippen LogP contribution in [-0.4, -0.2) is 41.8 Å². The van der Waals surface area contributed by atoms with E-state index in [-0.39, 0.29) is 37.2 Å². The fourth-order valence-corrected chi connectivity index (χ4v) is 4.09. The van der Waals surface area contributed by atoms with Crippen molar-refractivity contribution in [1.82, 2.24) is 10.6 Å². The van der Waals surface area contributed by atoms with E-state index in [0.717, 1.165) is 22.3 Å². The summed E-state index contributed by atoms with van der Waals surface area (Å²) in [7, 11) is 0. The SMILES string of the molecule is CC(C)[C@@H](CC(=O)N[C@H](C)CC(=O)O)NC(=O)OCC1c2ccccc2-c2ccccc21. The van der Waals surface area contributed by atoms with Crippen LogP contribution in [0, 0.1) is 5.92 Å². The van der Waals surface area contributed by atoms with Gasteiger partial charge in [0.25, 0.3) is 0 Å². The van der Waals surface area contributed by atoms with E-state index in [1.165, 1.54) is 0 Å². The van der Waals surface area contributed by atoms with Crippen molar-refractivity contribution < 1.29 is 24.2 Å². The van der Waals surface area contributed by atoms with E-state index in [2.05, 4.69) is 34.9 Å². The van der Waals surface area contributed by atoms with Gasteiger partial charge in [0.15, 0.2) is 0 Å². The number of carbonyl (C=O) groups excluding carboxylic acids is 2. The number of carboxylic acid groups (broad SMARTS) is 1. The molecule has 0 heterocycles. The van der Waals surface area contributed by atoms with Gasteiger partial charge in [0.2, 0.25) is 5.91 Å². The Balaban J connectivity index is 1.58. The van der Waals surface area contributed by atoms with Gasteiger partial charge < -0.3 is 20.5 Å². The van der Waals surface area contributed by atoms with Crippen LogP contribution >= 0.6 is 0 Å². The Hall–Kier alpha value is -3.35. The molecule has 1 aliphatic carbocycles. The molecule has 2 aromatic rings. The molecule has 1 aliphatic rings. The number of carboxylic acids is 1. The molecule has 3 N–H and O–H groups in total. The molecule has 0 aliphatic heterocycles. The summed E-state index contributed by atoms with van der Waals surface area (Å²) in [6.45, 7) is 5.65. The molecule has 7 nitrogen and oxygen atoms in total. The molecule has 0 fully saturated rings. The Morgan fingerprint density at radius 1 is 0.906 bits per heavy atom. The molecule has 0 saturated heterocycles. The molecular weight excluding hydrogens is 408 g/mol. The molecule has 3 rings (SSSR count). The van der Waals surface area contributed by atoms with Crippen LogP contribution in [-0.2, 0) is 14.3 Å². The number of rotatable bonds is 9. The first kappa shape index (κ1) is 23.3. The standard InChI is InChI=1S/C25H30N2O5/c1-15(2)22(13-23(28)26-16(3)12-24(29)30)27-25(31)32-14-21-19-10-6-4-8-17(19)18-9-5-7-11-20(18)21/h4-11,15-16,21-22H,12-14H2,1-3H3,(H,26,28)(H,27,31)(H,29,30)/t16-,22-/m1/s1. The van der Waals surface area contributed by atoms with Crippen molar-refractivity contribution in [2.75, 3.05) is 6.61 Å². The Morgan fingerprint density at radius 2 is 1.47 bits per heavy atom. The Morgan fingerprint density at radius 3 is 2.00 bits per heavy atom. The van der Waals surface area contributed by atoms with Gasteiger partial charge in [0.05, 0.1) is 6.42 Å². The third-order valence-corrected chi connectivity index (χ3v) is 5.75. The second-order valence-corrected chi connectivity index (χ2v) is 8.59. The third kappa shape index (κ3) is 5.66. The van der Waals surface area contributed by atoms with Crippen molar-refractivity contribution in [2.45, 2.75) is 51.6 Å². The van der Waals surface area contributed by atoms with Crippen molar-refractivity contribution in [3.63, 3.8) is 0 Å². The number of carbonyl (C=O) groups is 3. The lowest BCUT2D eigenvalue weighted by Gasteiger charge is -2.23. The lowest BCUT2D eigenvalue weighted by atomic mass is 9.98. The van der Waals surface area contributed by atoms with Gasteiger partial charge in [-0.2, -0.15) is 0 Å². The van der Waals surface area contributed by atoms with E-state index in [4.69, 9.17) is 9.84 Å². The van der Waals surface area contributed by atoms with Gasteiger partial charge in [-0.3, -0.25) is 9.59 Å². The minimum atomic E-state index is -0.977. The maximum Gasteiger partial charge on any atom is 0.407 e. The lowest BCUT2D eigenvalue weighted by Crippen LogP contribution is -2.44. The van der Waals surface area contributed by atoms with Crippen molar-refractivity contribution in [3.8, 4) is 11.1 Å². The summed E-state index contributed by atoms with van der Waals surface area (Å²) in [6.07, 6.45) is -0.680. The predicted octanol–water partition coefficient (Wildman–Crippen LogP) is 3.92. The first-order chi connectivity index (χ1) is 15.3. The Bertz CT molecular complexity index is 942. The first-order valence-corrected chi connectivity index (χ1v) is 10.9. The highest BCUT2D eigenvalue weighted by Crippen LogP contribution is 2.44. The molecule has 7 heteroatoms. The zero-order valence-corrected chi connectivity index (χ0v) is 18.6. The highest BCUT2D eigenvalue weighted by Gasteiger charge is 2.29. The molecular formula is C25H30N2O5. The second-order valence-electron chi connectivity index (χ2n) is 8.59.